The molecule has 0 saturated carbocycles. The standard InChI is InChI=1S/C16H22N6O/c1-12-11-14(19-21(12)3)16(23)22-9-6-13(7-10-22)20(2)15-5-4-8-17-18-15/h4-5,8,11,13H,6-7,9-10H2,1-3H3. The van der Waals surface area contributed by atoms with E-state index in [1.165, 1.54) is 0 Å². The molecule has 0 aliphatic carbocycles. The highest BCUT2D eigenvalue weighted by atomic mass is 16.2. The van der Waals surface area contributed by atoms with Crippen molar-refractivity contribution in [3.05, 3.63) is 35.8 Å². The van der Waals surface area contributed by atoms with Gasteiger partial charge in [0.25, 0.3) is 5.91 Å². The molecule has 0 atom stereocenters. The number of piperidine rings is 1. The van der Waals surface area contributed by atoms with E-state index in [9.17, 15) is 4.79 Å². The van der Waals surface area contributed by atoms with Gasteiger partial charge in [-0.1, -0.05) is 0 Å². The number of amides is 1. The zero-order valence-corrected chi connectivity index (χ0v) is 13.8. The SMILES string of the molecule is Cc1cc(C(=O)N2CCC(N(C)c3cccnn3)CC2)nn1C. The second-order valence-corrected chi connectivity index (χ2v) is 6.01. The molecule has 0 bridgehead atoms. The lowest BCUT2D eigenvalue weighted by Gasteiger charge is -2.36. The molecular formula is C16H22N6O. The van der Waals surface area contributed by atoms with Crippen LogP contribution >= 0.6 is 0 Å². The van der Waals surface area contributed by atoms with Crippen molar-refractivity contribution in [2.45, 2.75) is 25.8 Å². The van der Waals surface area contributed by atoms with Gasteiger partial charge in [0, 0.05) is 45.1 Å². The molecule has 0 N–H and O–H groups in total. The normalized spacial score (nSPS) is 15.7. The van der Waals surface area contributed by atoms with E-state index in [0.29, 0.717) is 11.7 Å². The summed E-state index contributed by atoms with van der Waals surface area (Å²) in [7, 11) is 3.89. The number of aryl methyl sites for hydroxylation is 2. The van der Waals surface area contributed by atoms with Gasteiger partial charge in [0.15, 0.2) is 11.5 Å². The van der Waals surface area contributed by atoms with Crippen molar-refractivity contribution < 1.29 is 4.79 Å². The van der Waals surface area contributed by atoms with E-state index >= 15 is 0 Å². The quantitative estimate of drug-likeness (QED) is 0.853. The number of nitrogens with zero attached hydrogens (tertiary/aromatic N) is 6. The van der Waals surface area contributed by atoms with E-state index in [1.807, 2.05) is 44.1 Å². The fourth-order valence-corrected chi connectivity index (χ4v) is 2.95. The first-order chi connectivity index (χ1) is 11.1. The van der Waals surface area contributed by atoms with Gasteiger partial charge < -0.3 is 9.80 Å². The summed E-state index contributed by atoms with van der Waals surface area (Å²) < 4.78 is 1.74. The Hall–Kier alpha value is -2.44. The number of hydrogen-bond donors (Lipinski definition) is 0. The first-order valence-corrected chi connectivity index (χ1v) is 7.86. The molecule has 23 heavy (non-hydrogen) atoms. The smallest absolute Gasteiger partial charge is 0.274 e. The molecule has 1 fully saturated rings. The summed E-state index contributed by atoms with van der Waals surface area (Å²) in [5.74, 6) is 0.895. The maximum absolute atomic E-state index is 12.5. The number of carbonyl (C=O) groups is 1. The Balaban J connectivity index is 1.61. The monoisotopic (exact) mass is 314 g/mol. The van der Waals surface area contributed by atoms with Crippen molar-refractivity contribution in [1.29, 1.82) is 0 Å². The van der Waals surface area contributed by atoms with E-state index in [0.717, 1.165) is 37.4 Å². The lowest BCUT2D eigenvalue weighted by Crippen LogP contribution is -2.46. The van der Waals surface area contributed by atoms with Crippen molar-refractivity contribution in [2.75, 3.05) is 25.0 Å². The topological polar surface area (TPSA) is 67.2 Å². The van der Waals surface area contributed by atoms with Gasteiger partial charge in [0.05, 0.1) is 0 Å². The predicted octanol–water partition coefficient (Wildman–Crippen LogP) is 1.26. The van der Waals surface area contributed by atoms with Crippen LogP contribution in [0, 0.1) is 6.92 Å². The Labute approximate surface area is 135 Å². The number of aromatic nitrogens is 4. The fourth-order valence-electron chi connectivity index (χ4n) is 2.95. The van der Waals surface area contributed by atoms with Crippen LogP contribution in [0.5, 0.6) is 0 Å². The Kier molecular flexibility index (Phi) is 4.27. The highest BCUT2D eigenvalue weighted by Gasteiger charge is 2.27. The average Bonchev–Trinajstić information content (AvgIpc) is 2.93. The van der Waals surface area contributed by atoms with Gasteiger partial charge in [-0.05, 0) is 38.0 Å². The lowest BCUT2D eigenvalue weighted by molar-refractivity contribution is 0.0706. The molecular weight excluding hydrogens is 292 g/mol. The highest BCUT2D eigenvalue weighted by molar-refractivity contribution is 5.92. The maximum atomic E-state index is 12.5. The summed E-state index contributed by atoms with van der Waals surface area (Å²) in [6, 6.07) is 6.07. The zero-order chi connectivity index (χ0) is 16.4. The molecule has 1 aliphatic heterocycles. The Morgan fingerprint density at radius 1 is 1.35 bits per heavy atom. The molecule has 0 unspecified atom stereocenters. The van der Waals surface area contributed by atoms with E-state index in [1.54, 1.807) is 10.9 Å². The van der Waals surface area contributed by atoms with Crippen LogP contribution in [0.15, 0.2) is 24.4 Å². The summed E-state index contributed by atoms with van der Waals surface area (Å²) in [5, 5.41) is 12.4. The first-order valence-electron chi connectivity index (χ1n) is 7.86. The summed E-state index contributed by atoms with van der Waals surface area (Å²) in [5.41, 5.74) is 1.52. The number of carbonyl (C=O) groups excluding carboxylic acids is 1. The van der Waals surface area contributed by atoms with E-state index in [-0.39, 0.29) is 5.91 Å². The van der Waals surface area contributed by atoms with E-state index < -0.39 is 0 Å². The zero-order valence-electron chi connectivity index (χ0n) is 13.8. The van der Waals surface area contributed by atoms with Gasteiger partial charge in [-0.3, -0.25) is 9.48 Å². The minimum Gasteiger partial charge on any atom is -0.355 e. The molecule has 2 aromatic rings. The summed E-state index contributed by atoms with van der Waals surface area (Å²) in [4.78, 5) is 16.6. The first kappa shape index (κ1) is 15.5. The Morgan fingerprint density at radius 3 is 2.65 bits per heavy atom. The third-order valence-corrected chi connectivity index (χ3v) is 4.55. The van der Waals surface area contributed by atoms with E-state index in [4.69, 9.17) is 0 Å². The van der Waals surface area contributed by atoms with Gasteiger partial charge in [-0.15, -0.1) is 5.10 Å². The molecule has 0 aromatic carbocycles. The van der Waals surface area contributed by atoms with Crippen LogP contribution in [0.2, 0.25) is 0 Å². The van der Waals surface area contributed by atoms with Gasteiger partial charge in [-0.25, -0.2) is 0 Å². The van der Waals surface area contributed by atoms with Crippen molar-refractivity contribution in [3.8, 4) is 0 Å². The number of anilines is 1. The minimum atomic E-state index is 0.0225. The molecule has 0 radical (unpaired) electrons. The fraction of sp³-hybridized carbons (Fsp3) is 0.500. The van der Waals surface area contributed by atoms with Crippen molar-refractivity contribution in [1.82, 2.24) is 24.9 Å². The van der Waals surface area contributed by atoms with Crippen molar-refractivity contribution >= 4 is 11.7 Å². The highest BCUT2D eigenvalue weighted by Crippen LogP contribution is 2.21. The molecule has 1 aliphatic rings. The van der Waals surface area contributed by atoms with Crippen LogP contribution in [0.1, 0.15) is 29.0 Å². The molecule has 1 saturated heterocycles. The van der Waals surface area contributed by atoms with Crippen LogP contribution in [0.4, 0.5) is 5.82 Å². The molecule has 0 spiro atoms. The number of rotatable bonds is 3. The summed E-state index contributed by atoms with van der Waals surface area (Å²) in [6.07, 6.45) is 3.52. The van der Waals surface area contributed by atoms with Crippen LogP contribution < -0.4 is 4.90 Å². The van der Waals surface area contributed by atoms with Crippen LogP contribution in [0.3, 0.4) is 0 Å². The molecule has 7 heteroatoms. The summed E-state index contributed by atoms with van der Waals surface area (Å²) >= 11 is 0. The van der Waals surface area contributed by atoms with Crippen LogP contribution in [-0.2, 0) is 7.05 Å². The Bertz CT molecular complexity index is 656. The average molecular weight is 314 g/mol. The summed E-state index contributed by atoms with van der Waals surface area (Å²) in [6.45, 7) is 3.43. The lowest BCUT2D eigenvalue weighted by atomic mass is 10.0. The van der Waals surface area contributed by atoms with Crippen LogP contribution in [0.25, 0.3) is 0 Å². The third-order valence-electron chi connectivity index (χ3n) is 4.55. The molecule has 3 rings (SSSR count). The van der Waals surface area contributed by atoms with Crippen molar-refractivity contribution in [3.63, 3.8) is 0 Å². The second-order valence-electron chi connectivity index (χ2n) is 6.01. The molecule has 2 aromatic heterocycles. The molecule has 122 valence electrons. The largest absolute Gasteiger partial charge is 0.355 e. The molecule has 7 nitrogen and oxygen atoms in total. The number of likely N-dealkylation sites (tertiary alicyclic amines) is 1. The van der Waals surface area contributed by atoms with E-state index in [2.05, 4.69) is 20.2 Å². The van der Waals surface area contributed by atoms with Gasteiger partial charge in [-0.2, -0.15) is 10.2 Å². The predicted molar refractivity (Wildman–Crippen MR) is 87.3 cm³/mol. The van der Waals surface area contributed by atoms with Crippen molar-refractivity contribution in [2.24, 2.45) is 7.05 Å². The Morgan fingerprint density at radius 2 is 2.09 bits per heavy atom. The molecule has 3 heterocycles. The van der Waals surface area contributed by atoms with Gasteiger partial charge in [0.2, 0.25) is 0 Å². The molecule has 1 amide bonds. The van der Waals surface area contributed by atoms with Gasteiger partial charge >= 0.3 is 0 Å². The maximum Gasteiger partial charge on any atom is 0.274 e. The van der Waals surface area contributed by atoms with Gasteiger partial charge in [0.1, 0.15) is 0 Å². The third kappa shape index (κ3) is 3.18. The van der Waals surface area contributed by atoms with Crippen LogP contribution in [-0.4, -0.2) is 57.0 Å². The minimum absolute atomic E-state index is 0.0225. The second kappa shape index (κ2) is 6.36. The number of hydrogen-bond acceptors (Lipinski definition) is 5.